The number of nitrogens with zero attached hydrogens (tertiary/aromatic N) is 4. The van der Waals surface area contributed by atoms with Crippen LogP contribution in [0.3, 0.4) is 0 Å². The maximum atomic E-state index is 5.67. The van der Waals surface area contributed by atoms with E-state index in [0.717, 1.165) is 55.9 Å². The van der Waals surface area contributed by atoms with Gasteiger partial charge in [-0.3, -0.25) is 0 Å². The predicted octanol–water partition coefficient (Wildman–Crippen LogP) is 3.67. The fraction of sp³-hybridized carbons (Fsp3) is 0.524. The van der Waals surface area contributed by atoms with Crippen molar-refractivity contribution < 1.29 is 4.74 Å². The Kier molecular flexibility index (Phi) is 4.96. The highest BCUT2D eigenvalue weighted by Crippen LogP contribution is 2.28. The molecular weight excluding hydrogens is 324 g/mol. The number of fused-ring (bicyclic) bond motifs is 1. The van der Waals surface area contributed by atoms with Gasteiger partial charge in [-0.2, -0.15) is 0 Å². The average molecular weight is 352 g/mol. The van der Waals surface area contributed by atoms with E-state index in [9.17, 15) is 0 Å². The van der Waals surface area contributed by atoms with Gasteiger partial charge in [-0.1, -0.05) is 13.0 Å². The number of hydrogen-bond donors (Lipinski definition) is 0. The van der Waals surface area contributed by atoms with Crippen molar-refractivity contribution in [3.8, 4) is 5.75 Å². The quantitative estimate of drug-likeness (QED) is 0.840. The van der Waals surface area contributed by atoms with Gasteiger partial charge >= 0.3 is 0 Å². The number of hydrogen-bond acceptors (Lipinski definition) is 5. The summed E-state index contributed by atoms with van der Waals surface area (Å²) in [5.41, 5.74) is 2.76. The van der Waals surface area contributed by atoms with Gasteiger partial charge in [-0.05, 0) is 55.4 Å². The molecule has 1 aromatic carbocycles. The first-order valence-corrected chi connectivity index (χ1v) is 9.79. The normalized spacial score (nSPS) is 20.0. The van der Waals surface area contributed by atoms with Gasteiger partial charge in [0.15, 0.2) is 0 Å². The Morgan fingerprint density at radius 1 is 1.08 bits per heavy atom. The van der Waals surface area contributed by atoms with Gasteiger partial charge < -0.3 is 14.5 Å². The molecule has 138 valence electrons. The summed E-state index contributed by atoms with van der Waals surface area (Å²) in [7, 11) is 0. The molecule has 4 rings (SSSR count). The smallest absolute Gasteiger partial charge is 0.134 e. The van der Waals surface area contributed by atoms with Gasteiger partial charge in [0.1, 0.15) is 23.7 Å². The average Bonchev–Trinajstić information content (AvgIpc) is 2.68. The Morgan fingerprint density at radius 2 is 1.92 bits per heavy atom. The van der Waals surface area contributed by atoms with Crippen LogP contribution in [0, 0.1) is 5.92 Å². The van der Waals surface area contributed by atoms with Gasteiger partial charge in [0.05, 0.1) is 6.61 Å². The molecule has 0 radical (unpaired) electrons. The lowest BCUT2D eigenvalue weighted by Crippen LogP contribution is -2.35. The molecule has 5 heteroatoms. The molecule has 0 aliphatic carbocycles. The minimum absolute atomic E-state index is 0.700. The number of ether oxygens (including phenoxy) is 1. The van der Waals surface area contributed by atoms with Crippen LogP contribution in [0.1, 0.15) is 37.8 Å². The molecule has 3 heterocycles. The Morgan fingerprint density at radius 3 is 2.73 bits per heavy atom. The van der Waals surface area contributed by atoms with Crippen molar-refractivity contribution in [3.63, 3.8) is 0 Å². The number of piperidine rings is 1. The number of aromatic nitrogens is 2. The lowest BCUT2D eigenvalue weighted by molar-refractivity contribution is 0.339. The lowest BCUT2D eigenvalue weighted by Gasteiger charge is -2.33. The van der Waals surface area contributed by atoms with Crippen LogP contribution in [0.15, 0.2) is 30.6 Å². The van der Waals surface area contributed by atoms with Crippen LogP contribution in [0.25, 0.3) is 0 Å². The van der Waals surface area contributed by atoms with Crippen molar-refractivity contribution in [2.45, 2.75) is 39.7 Å². The predicted molar refractivity (Wildman–Crippen MR) is 105 cm³/mol. The summed E-state index contributed by atoms with van der Waals surface area (Å²) in [5.74, 6) is 3.79. The third kappa shape index (κ3) is 3.62. The molecule has 0 N–H and O–H groups in total. The minimum Gasteiger partial charge on any atom is -0.494 e. The summed E-state index contributed by atoms with van der Waals surface area (Å²) in [6.07, 6.45) is 5.33. The number of benzene rings is 1. The fourth-order valence-corrected chi connectivity index (χ4v) is 4.07. The SMILES string of the molecule is CCOc1ccc2c(c1)CN(c1cc(N3CCCC(C)C3)ncn1)CC2. The Balaban J connectivity index is 1.53. The number of anilines is 2. The van der Waals surface area contributed by atoms with Crippen LogP contribution in [-0.2, 0) is 13.0 Å². The molecule has 1 unspecified atom stereocenters. The molecular formula is C21H28N4O. The van der Waals surface area contributed by atoms with Crippen LogP contribution < -0.4 is 14.5 Å². The fourth-order valence-electron chi connectivity index (χ4n) is 4.07. The summed E-state index contributed by atoms with van der Waals surface area (Å²) >= 11 is 0. The van der Waals surface area contributed by atoms with Gasteiger partial charge in [0.2, 0.25) is 0 Å². The zero-order valence-electron chi connectivity index (χ0n) is 15.8. The maximum Gasteiger partial charge on any atom is 0.134 e. The highest BCUT2D eigenvalue weighted by Gasteiger charge is 2.21. The molecule has 0 saturated carbocycles. The van der Waals surface area contributed by atoms with Gasteiger partial charge in [0, 0.05) is 32.2 Å². The lowest BCUT2D eigenvalue weighted by atomic mass is 9.99. The molecule has 1 saturated heterocycles. The van der Waals surface area contributed by atoms with Crippen molar-refractivity contribution >= 4 is 11.6 Å². The van der Waals surface area contributed by atoms with E-state index in [-0.39, 0.29) is 0 Å². The molecule has 1 fully saturated rings. The second-order valence-electron chi connectivity index (χ2n) is 7.46. The summed E-state index contributed by atoms with van der Waals surface area (Å²) in [6, 6.07) is 8.63. The second-order valence-corrected chi connectivity index (χ2v) is 7.46. The Hall–Kier alpha value is -2.30. The van der Waals surface area contributed by atoms with Crippen LogP contribution in [0.5, 0.6) is 5.75 Å². The highest BCUT2D eigenvalue weighted by molar-refractivity contribution is 5.52. The molecule has 26 heavy (non-hydrogen) atoms. The topological polar surface area (TPSA) is 41.5 Å². The van der Waals surface area contributed by atoms with E-state index in [1.807, 2.05) is 6.92 Å². The van der Waals surface area contributed by atoms with Gasteiger partial charge in [-0.15, -0.1) is 0 Å². The van der Waals surface area contributed by atoms with Crippen molar-refractivity contribution in [2.75, 3.05) is 36.0 Å². The molecule has 1 atom stereocenters. The molecule has 1 aromatic heterocycles. The van der Waals surface area contributed by atoms with Gasteiger partial charge in [-0.25, -0.2) is 9.97 Å². The first-order valence-electron chi connectivity index (χ1n) is 9.79. The molecule has 2 aliphatic rings. The Labute approximate surface area is 156 Å². The summed E-state index contributed by atoms with van der Waals surface area (Å²) < 4.78 is 5.67. The van der Waals surface area contributed by atoms with Crippen LogP contribution >= 0.6 is 0 Å². The van der Waals surface area contributed by atoms with Crippen molar-refractivity contribution in [1.29, 1.82) is 0 Å². The van der Waals surface area contributed by atoms with E-state index < -0.39 is 0 Å². The van der Waals surface area contributed by atoms with Crippen molar-refractivity contribution in [2.24, 2.45) is 5.92 Å². The summed E-state index contributed by atoms with van der Waals surface area (Å²) in [6.45, 7) is 9.11. The largest absolute Gasteiger partial charge is 0.494 e. The molecule has 2 aliphatic heterocycles. The van der Waals surface area contributed by atoms with E-state index in [0.29, 0.717) is 6.61 Å². The van der Waals surface area contributed by atoms with Crippen molar-refractivity contribution in [1.82, 2.24) is 9.97 Å². The molecule has 5 nitrogen and oxygen atoms in total. The maximum absolute atomic E-state index is 5.67. The van der Waals surface area contributed by atoms with E-state index in [2.05, 4.69) is 51.0 Å². The third-order valence-corrected chi connectivity index (χ3v) is 5.44. The zero-order valence-corrected chi connectivity index (χ0v) is 15.8. The zero-order chi connectivity index (χ0) is 17.9. The first-order chi connectivity index (χ1) is 12.7. The van der Waals surface area contributed by atoms with Crippen LogP contribution in [0.4, 0.5) is 11.6 Å². The first kappa shape index (κ1) is 17.1. The molecule has 0 amide bonds. The van der Waals surface area contributed by atoms with Gasteiger partial charge in [0.25, 0.3) is 0 Å². The molecule has 0 spiro atoms. The van der Waals surface area contributed by atoms with Crippen molar-refractivity contribution in [3.05, 3.63) is 41.7 Å². The van der Waals surface area contributed by atoms with E-state index in [4.69, 9.17) is 4.74 Å². The van der Waals surface area contributed by atoms with Crippen LogP contribution in [0.2, 0.25) is 0 Å². The molecule has 2 aromatic rings. The Bertz CT molecular complexity index is 763. The number of rotatable bonds is 4. The van der Waals surface area contributed by atoms with Crippen LogP contribution in [-0.4, -0.2) is 36.2 Å². The molecule has 0 bridgehead atoms. The van der Waals surface area contributed by atoms with E-state index in [1.54, 1.807) is 6.33 Å². The van der Waals surface area contributed by atoms with E-state index >= 15 is 0 Å². The minimum atomic E-state index is 0.700. The monoisotopic (exact) mass is 352 g/mol. The van der Waals surface area contributed by atoms with E-state index in [1.165, 1.54) is 24.0 Å². The third-order valence-electron chi connectivity index (χ3n) is 5.44. The highest BCUT2D eigenvalue weighted by atomic mass is 16.5. The summed E-state index contributed by atoms with van der Waals surface area (Å²) in [5, 5.41) is 0. The second kappa shape index (κ2) is 7.52. The standard InChI is InChI=1S/C21H28N4O/c1-3-26-19-7-6-17-8-10-25(14-18(17)11-19)21-12-20(22-15-23-21)24-9-4-5-16(2)13-24/h6-7,11-12,15-16H,3-5,8-10,13-14H2,1-2H3. The summed E-state index contributed by atoms with van der Waals surface area (Å²) in [4.78, 5) is 13.9.